The number of nitrogens with one attached hydrogen (secondary N) is 1. The highest BCUT2D eigenvalue weighted by Gasteiger charge is 2.09. The summed E-state index contributed by atoms with van der Waals surface area (Å²) < 4.78 is 0. The number of hydrogen-bond donors (Lipinski definition) is 1. The molecule has 1 N–H and O–H groups in total. The molecule has 0 bridgehead atoms. The first kappa shape index (κ1) is 11.4. The lowest BCUT2D eigenvalue weighted by Gasteiger charge is -2.18. The van der Waals surface area contributed by atoms with Gasteiger partial charge in [-0.15, -0.1) is 0 Å². The van der Waals surface area contributed by atoms with Gasteiger partial charge in [0, 0.05) is 6.54 Å². The molecule has 1 nitrogen and oxygen atoms in total. The Bertz CT molecular complexity index is 289. The third-order valence-electron chi connectivity index (χ3n) is 2.06. The first-order valence-electron chi connectivity index (χ1n) is 4.97. The zero-order valence-corrected chi connectivity index (χ0v) is 9.86. The van der Waals surface area contributed by atoms with E-state index in [4.69, 9.17) is 11.6 Å². The van der Waals surface area contributed by atoms with Crippen molar-refractivity contribution in [2.24, 2.45) is 5.41 Å². The van der Waals surface area contributed by atoms with Crippen LogP contribution in [0.25, 0.3) is 0 Å². The minimum absolute atomic E-state index is 0.369. The Morgan fingerprint density at radius 3 is 2.43 bits per heavy atom. The summed E-state index contributed by atoms with van der Waals surface area (Å²) in [5.41, 5.74) is 1.40. The van der Waals surface area contributed by atoms with E-state index in [0.717, 1.165) is 23.7 Å². The number of hydrogen-bond acceptors (Lipinski definition) is 1. The van der Waals surface area contributed by atoms with Gasteiger partial charge < -0.3 is 5.32 Å². The van der Waals surface area contributed by atoms with Crippen molar-refractivity contribution in [2.75, 3.05) is 11.9 Å². The summed E-state index contributed by atoms with van der Waals surface area (Å²) in [6.45, 7) is 7.68. The fourth-order valence-electron chi connectivity index (χ4n) is 1.18. The second kappa shape index (κ2) is 4.70. The topological polar surface area (TPSA) is 12.0 Å². The van der Waals surface area contributed by atoms with E-state index in [9.17, 15) is 0 Å². The fourth-order valence-corrected chi connectivity index (χ4v) is 1.38. The molecule has 0 aromatic heterocycles. The normalized spacial score (nSPS) is 11.4. The number of benzene rings is 1. The van der Waals surface area contributed by atoms with Crippen molar-refractivity contribution in [1.82, 2.24) is 0 Å². The van der Waals surface area contributed by atoms with Crippen LogP contribution in [0.5, 0.6) is 0 Å². The molecule has 78 valence electrons. The van der Waals surface area contributed by atoms with Gasteiger partial charge in [-0.2, -0.15) is 0 Å². The van der Waals surface area contributed by atoms with Crippen LogP contribution >= 0.6 is 11.6 Å². The first-order valence-corrected chi connectivity index (χ1v) is 5.35. The molecule has 0 heterocycles. The summed E-state index contributed by atoms with van der Waals surface area (Å²) in [6.07, 6.45) is 1.14. The van der Waals surface area contributed by atoms with Crippen LogP contribution in [0.15, 0.2) is 24.3 Å². The van der Waals surface area contributed by atoms with Crippen molar-refractivity contribution < 1.29 is 0 Å². The van der Waals surface area contributed by atoms with Gasteiger partial charge >= 0.3 is 0 Å². The van der Waals surface area contributed by atoms with E-state index >= 15 is 0 Å². The summed E-state index contributed by atoms with van der Waals surface area (Å²) >= 11 is 6.01. The maximum atomic E-state index is 6.01. The molecule has 0 unspecified atom stereocenters. The van der Waals surface area contributed by atoms with Crippen molar-refractivity contribution in [1.29, 1.82) is 0 Å². The molecule has 1 aromatic carbocycles. The van der Waals surface area contributed by atoms with E-state index < -0.39 is 0 Å². The number of rotatable bonds is 3. The van der Waals surface area contributed by atoms with Crippen LogP contribution in [0.2, 0.25) is 5.02 Å². The monoisotopic (exact) mass is 211 g/mol. The third kappa shape index (κ3) is 4.01. The van der Waals surface area contributed by atoms with E-state index in [1.165, 1.54) is 0 Å². The van der Waals surface area contributed by atoms with Crippen LogP contribution in [-0.2, 0) is 0 Å². The SMILES string of the molecule is CC(C)(C)CCNc1ccccc1Cl. The molecular weight excluding hydrogens is 194 g/mol. The highest BCUT2D eigenvalue weighted by molar-refractivity contribution is 6.33. The van der Waals surface area contributed by atoms with E-state index in [0.29, 0.717) is 5.41 Å². The van der Waals surface area contributed by atoms with Crippen molar-refractivity contribution in [3.05, 3.63) is 29.3 Å². The largest absolute Gasteiger partial charge is 0.384 e. The summed E-state index contributed by atoms with van der Waals surface area (Å²) in [7, 11) is 0. The Kier molecular flexibility index (Phi) is 3.82. The van der Waals surface area contributed by atoms with E-state index in [1.54, 1.807) is 0 Å². The van der Waals surface area contributed by atoms with Crippen LogP contribution in [0.4, 0.5) is 5.69 Å². The molecule has 14 heavy (non-hydrogen) atoms. The van der Waals surface area contributed by atoms with Crippen LogP contribution in [0.3, 0.4) is 0 Å². The molecule has 0 amide bonds. The molecule has 1 rings (SSSR count). The van der Waals surface area contributed by atoms with Crippen molar-refractivity contribution in [3.8, 4) is 0 Å². The van der Waals surface area contributed by atoms with Crippen molar-refractivity contribution in [2.45, 2.75) is 27.2 Å². The molecule has 2 heteroatoms. The minimum Gasteiger partial charge on any atom is -0.384 e. The number of halogens is 1. The molecule has 0 aliphatic carbocycles. The van der Waals surface area contributed by atoms with Gasteiger partial charge in [-0.05, 0) is 24.0 Å². The van der Waals surface area contributed by atoms with Crippen LogP contribution < -0.4 is 5.32 Å². The third-order valence-corrected chi connectivity index (χ3v) is 2.39. The second-order valence-electron chi connectivity index (χ2n) is 4.72. The molecule has 0 fully saturated rings. The maximum absolute atomic E-state index is 6.01. The first-order chi connectivity index (χ1) is 6.49. The Hall–Kier alpha value is -0.690. The van der Waals surface area contributed by atoms with E-state index in [-0.39, 0.29) is 0 Å². The lowest BCUT2D eigenvalue weighted by Crippen LogP contribution is -2.12. The Balaban J connectivity index is 2.43. The van der Waals surface area contributed by atoms with Crippen molar-refractivity contribution >= 4 is 17.3 Å². The molecule has 0 aliphatic heterocycles. The van der Waals surface area contributed by atoms with Crippen molar-refractivity contribution in [3.63, 3.8) is 0 Å². The fraction of sp³-hybridized carbons (Fsp3) is 0.500. The van der Waals surface area contributed by atoms with Gasteiger partial charge in [0.2, 0.25) is 0 Å². The molecule has 0 atom stereocenters. The minimum atomic E-state index is 0.369. The Morgan fingerprint density at radius 1 is 1.21 bits per heavy atom. The standard InChI is InChI=1S/C12H18ClN/c1-12(2,3)8-9-14-11-7-5-4-6-10(11)13/h4-7,14H,8-9H2,1-3H3. The van der Waals surface area contributed by atoms with Gasteiger partial charge in [0.15, 0.2) is 0 Å². The average molecular weight is 212 g/mol. The Labute approximate surface area is 91.5 Å². The highest BCUT2D eigenvalue weighted by atomic mass is 35.5. The predicted molar refractivity (Wildman–Crippen MR) is 64.0 cm³/mol. The number of anilines is 1. The molecule has 0 radical (unpaired) electrons. The smallest absolute Gasteiger partial charge is 0.0637 e. The lowest BCUT2D eigenvalue weighted by molar-refractivity contribution is 0.390. The second-order valence-corrected chi connectivity index (χ2v) is 5.12. The van der Waals surface area contributed by atoms with E-state index in [1.807, 2.05) is 24.3 Å². The van der Waals surface area contributed by atoms with Crippen LogP contribution in [0, 0.1) is 5.41 Å². The molecule has 0 saturated carbocycles. The highest BCUT2D eigenvalue weighted by Crippen LogP contribution is 2.22. The number of para-hydroxylation sites is 1. The summed E-state index contributed by atoms with van der Waals surface area (Å²) in [6, 6.07) is 7.84. The quantitative estimate of drug-likeness (QED) is 0.791. The van der Waals surface area contributed by atoms with Crippen LogP contribution in [0.1, 0.15) is 27.2 Å². The molecule has 0 aliphatic rings. The van der Waals surface area contributed by atoms with Gasteiger partial charge in [-0.25, -0.2) is 0 Å². The molecule has 0 spiro atoms. The molecule has 1 aromatic rings. The maximum Gasteiger partial charge on any atom is 0.0637 e. The lowest BCUT2D eigenvalue weighted by atomic mass is 9.92. The summed E-state index contributed by atoms with van der Waals surface area (Å²) in [5.74, 6) is 0. The van der Waals surface area contributed by atoms with E-state index in [2.05, 4.69) is 26.1 Å². The molecular formula is C12H18ClN. The predicted octanol–water partition coefficient (Wildman–Crippen LogP) is 4.19. The summed E-state index contributed by atoms with van der Waals surface area (Å²) in [4.78, 5) is 0. The Morgan fingerprint density at radius 2 is 1.86 bits per heavy atom. The van der Waals surface area contributed by atoms with Gasteiger partial charge in [0.1, 0.15) is 0 Å². The average Bonchev–Trinajstić information content (AvgIpc) is 2.06. The van der Waals surface area contributed by atoms with Gasteiger partial charge in [-0.3, -0.25) is 0 Å². The van der Waals surface area contributed by atoms with Crippen LogP contribution in [-0.4, -0.2) is 6.54 Å². The van der Waals surface area contributed by atoms with Gasteiger partial charge in [-0.1, -0.05) is 44.5 Å². The van der Waals surface area contributed by atoms with Gasteiger partial charge in [0.05, 0.1) is 10.7 Å². The molecule has 0 saturated heterocycles. The zero-order chi connectivity index (χ0) is 10.6. The van der Waals surface area contributed by atoms with Gasteiger partial charge in [0.25, 0.3) is 0 Å². The zero-order valence-electron chi connectivity index (χ0n) is 9.10. The summed E-state index contributed by atoms with van der Waals surface area (Å²) in [5, 5.41) is 4.13.